The molecule has 1 N–H and O–H groups in total. The third kappa shape index (κ3) is 4.04. The Morgan fingerprint density at radius 2 is 2.00 bits per heavy atom. The lowest BCUT2D eigenvalue weighted by Gasteiger charge is -2.16. The van der Waals surface area contributed by atoms with Gasteiger partial charge in [0.05, 0.1) is 5.52 Å². The van der Waals surface area contributed by atoms with E-state index in [1.54, 1.807) is 6.07 Å². The second-order valence-corrected chi connectivity index (χ2v) is 7.49. The molecule has 28 heavy (non-hydrogen) atoms. The summed E-state index contributed by atoms with van der Waals surface area (Å²) in [7, 11) is 0. The molecule has 0 aliphatic rings. The molecule has 0 bridgehead atoms. The minimum atomic E-state index is -0.618. The number of hydrogen-bond acceptors (Lipinski definition) is 5. The number of fused-ring (bicyclic) bond motifs is 1. The number of aryl methyl sites for hydroxylation is 1. The summed E-state index contributed by atoms with van der Waals surface area (Å²) in [5, 5.41) is 3.56. The van der Waals surface area contributed by atoms with Gasteiger partial charge < -0.3 is 10.1 Å². The van der Waals surface area contributed by atoms with Crippen molar-refractivity contribution in [3.8, 4) is 0 Å². The summed E-state index contributed by atoms with van der Waals surface area (Å²) in [4.78, 5) is 29.2. The van der Waals surface area contributed by atoms with Crippen LogP contribution in [0.25, 0.3) is 5.52 Å². The van der Waals surface area contributed by atoms with Gasteiger partial charge in [-0.15, -0.1) is 0 Å². The molecule has 0 fully saturated rings. The summed E-state index contributed by atoms with van der Waals surface area (Å²) in [5.41, 5.74) is 3.64. The van der Waals surface area contributed by atoms with Gasteiger partial charge in [-0.1, -0.05) is 49.9 Å². The average molecular weight is 398 g/mol. The molecule has 0 atom stereocenters. The predicted molar refractivity (Wildman–Crippen MR) is 111 cm³/mol. The molecule has 1 aromatic carbocycles. The third-order valence-electron chi connectivity index (χ3n) is 4.42. The van der Waals surface area contributed by atoms with E-state index in [4.69, 9.17) is 4.74 Å². The van der Waals surface area contributed by atoms with Gasteiger partial charge in [0.1, 0.15) is 0 Å². The number of benzene rings is 1. The Balaban J connectivity index is 1.72. The van der Waals surface area contributed by atoms with Crippen molar-refractivity contribution in [3.05, 3.63) is 59.4 Å². The minimum absolute atomic E-state index is 0.205. The molecule has 0 aliphatic carbocycles. The van der Waals surface area contributed by atoms with Crippen LogP contribution in [0.5, 0.6) is 0 Å². The fourth-order valence-corrected chi connectivity index (χ4v) is 3.56. The van der Waals surface area contributed by atoms with Gasteiger partial charge in [0.25, 0.3) is 5.91 Å². The van der Waals surface area contributed by atoms with Crippen molar-refractivity contribution in [1.82, 2.24) is 9.38 Å². The number of ether oxygens (including phenoxy) is 1. The maximum Gasteiger partial charge on any atom is 0.359 e. The first-order valence-electron chi connectivity index (χ1n) is 9.00. The number of nitrogens with one attached hydrogen (secondary N) is 1. The number of esters is 1. The second-order valence-electron chi connectivity index (χ2n) is 6.72. The first-order valence-corrected chi connectivity index (χ1v) is 10.2. The molecule has 0 unspecified atom stereocenters. The molecular weight excluding hydrogens is 374 g/mol. The van der Waals surface area contributed by atoms with Crippen LogP contribution in [0.2, 0.25) is 0 Å². The maximum absolute atomic E-state index is 12.5. The number of imidazole rings is 1. The van der Waals surface area contributed by atoms with E-state index in [-0.39, 0.29) is 24.1 Å². The molecule has 1 amide bonds. The molecule has 2 heterocycles. The van der Waals surface area contributed by atoms with Crippen LogP contribution in [-0.4, -0.2) is 34.1 Å². The Bertz CT molecular complexity index is 1030. The van der Waals surface area contributed by atoms with Gasteiger partial charge in [-0.25, -0.2) is 9.78 Å². The van der Waals surface area contributed by atoms with E-state index in [1.165, 1.54) is 11.8 Å². The van der Waals surface area contributed by atoms with Crippen molar-refractivity contribution in [3.63, 3.8) is 0 Å². The largest absolute Gasteiger partial charge is 0.451 e. The maximum atomic E-state index is 12.5. The Labute approximate surface area is 168 Å². The van der Waals surface area contributed by atoms with Crippen molar-refractivity contribution in [1.29, 1.82) is 0 Å². The predicted octanol–water partition coefficient (Wildman–Crippen LogP) is 4.28. The molecule has 6 nitrogen and oxygen atoms in total. The Morgan fingerprint density at radius 3 is 2.71 bits per heavy atom. The summed E-state index contributed by atoms with van der Waals surface area (Å²) in [6.07, 6.45) is 3.72. The zero-order valence-electron chi connectivity index (χ0n) is 16.4. The lowest BCUT2D eigenvalue weighted by Crippen LogP contribution is -2.22. The molecule has 3 rings (SSSR count). The summed E-state index contributed by atoms with van der Waals surface area (Å²) in [5.74, 6) is -0.731. The molecule has 7 heteroatoms. The highest BCUT2D eigenvalue weighted by Gasteiger charge is 2.20. The van der Waals surface area contributed by atoms with Crippen LogP contribution in [0.1, 0.15) is 41.4 Å². The molecule has 2 aromatic heterocycles. The monoisotopic (exact) mass is 397 g/mol. The van der Waals surface area contributed by atoms with E-state index in [2.05, 4.69) is 24.1 Å². The molecule has 0 aliphatic heterocycles. The molecule has 0 saturated carbocycles. The van der Waals surface area contributed by atoms with E-state index < -0.39 is 5.97 Å². The zero-order chi connectivity index (χ0) is 20.3. The van der Waals surface area contributed by atoms with Crippen LogP contribution in [0.3, 0.4) is 0 Å². The quantitative estimate of drug-likeness (QED) is 0.496. The molecule has 0 spiro atoms. The number of carbonyl (C=O) groups excluding carboxylic acids is 2. The van der Waals surface area contributed by atoms with E-state index in [9.17, 15) is 9.59 Å². The molecule has 3 aromatic rings. The van der Waals surface area contributed by atoms with E-state index in [1.807, 2.05) is 54.1 Å². The number of carbonyl (C=O) groups is 2. The second kappa shape index (κ2) is 8.48. The fraction of sp³-hybridized carbons (Fsp3) is 0.286. The standard InChI is InChI=1S/C21H23N3O3S/c1-13(2)15-9-7-8-14(3)18(15)22-17(25)12-27-20(26)19-16-10-5-6-11-24(16)21(23-19)28-4/h5-11,13H,12H2,1-4H3,(H,22,25). The van der Waals surface area contributed by atoms with Crippen molar-refractivity contribution < 1.29 is 14.3 Å². The van der Waals surface area contributed by atoms with Gasteiger partial charge in [-0.3, -0.25) is 9.20 Å². The summed E-state index contributed by atoms with van der Waals surface area (Å²) < 4.78 is 7.06. The van der Waals surface area contributed by atoms with Crippen molar-refractivity contribution in [2.24, 2.45) is 0 Å². The first-order chi connectivity index (χ1) is 13.4. The van der Waals surface area contributed by atoms with E-state index in [0.717, 1.165) is 16.8 Å². The number of amides is 1. The van der Waals surface area contributed by atoms with Gasteiger partial charge in [0.15, 0.2) is 17.5 Å². The number of rotatable bonds is 6. The number of hydrogen-bond donors (Lipinski definition) is 1. The lowest BCUT2D eigenvalue weighted by atomic mass is 9.98. The van der Waals surface area contributed by atoms with Crippen molar-refractivity contribution in [2.45, 2.75) is 31.8 Å². The van der Waals surface area contributed by atoms with E-state index >= 15 is 0 Å². The number of aromatic nitrogens is 2. The highest BCUT2D eigenvalue weighted by molar-refractivity contribution is 7.98. The topological polar surface area (TPSA) is 72.7 Å². The normalized spacial score (nSPS) is 11.0. The molecule has 0 saturated heterocycles. The van der Waals surface area contributed by atoms with Crippen LogP contribution in [0.4, 0.5) is 5.69 Å². The Hall–Kier alpha value is -2.80. The van der Waals surface area contributed by atoms with Crippen molar-refractivity contribution >= 4 is 34.8 Å². The van der Waals surface area contributed by atoms with Gasteiger partial charge in [-0.2, -0.15) is 0 Å². The smallest absolute Gasteiger partial charge is 0.359 e. The van der Waals surface area contributed by atoms with Crippen LogP contribution >= 0.6 is 11.8 Å². The first kappa shape index (κ1) is 19.9. The molecular formula is C21H23N3O3S. The number of nitrogens with zero attached hydrogens (tertiary/aromatic N) is 2. The number of anilines is 1. The number of thioether (sulfide) groups is 1. The number of pyridine rings is 1. The van der Waals surface area contributed by atoms with Gasteiger partial charge in [0, 0.05) is 11.9 Å². The van der Waals surface area contributed by atoms with Crippen LogP contribution < -0.4 is 5.32 Å². The van der Waals surface area contributed by atoms with Gasteiger partial charge >= 0.3 is 5.97 Å². The summed E-state index contributed by atoms with van der Waals surface area (Å²) in [6, 6.07) is 11.4. The molecule has 0 radical (unpaired) electrons. The lowest BCUT2D eigenvalue weighted by molar-refractivity contribution is -0.119. The minimum Gasteiger partial charge on any atom is -0.451 e. The highest BCUT2D eigenvalue weighted by atomic mass is 32.2. The van der Waals surface area contributed by atoms with Gasteiger partial charge in [0.2, 0.25) is 0 Å². The van der Waals surface area contributed by atoms with E-state index in [0.29, 0.717) is 10.7 Å². The Kier molecular flexibility index (Phi) is 6.04. The highest BCUT2D eigenvalue weighted by Crippen LogP contribution is 2.27. The van der Waals surface area contributed by atoms with Gasteiger partial charge in [-0.05, 0) is 42.4 Å². The van der Waals surface area contributed by atoms with Crippen molar-refractivity contribution in [2.75, 3.05) is 18.2 Å². The SMILES string of the molecule is CSc1nc(C(=O)OCC(=O)Nc2c(C)cccc2C(C)C)c2ccccn12. The van der Waals surface area contributed by atoms with Crippen LogP contribution in [0.15, 0.2) is 47.8 Å². The Morgan fingerprint density at radius 1 is 1.21 bits per heavy atom. The summed E-state index contributed by atoms with van der Waals surface area (Å²) >= 11 is 1.43. The third-order valence-corrected chi connectivity index (χ3v) is 5.07. The zero-order valence-corrected chi connectivity index (χ0v) is 17.2. The van der Waals surface area contributed by atoms with Crippen LogP contribution in [0, 0.1) is 6.92 Å². The fourth-order valence-electron chi connectivity index (χ4n) is 3.02. The summed E-state index contributed by atoms with van der Waals surface area (Å²) in [6.45, 7) is 5.70. The average Bonchev–Trinajstić information content (AvgIpc) is 3.06. The van der Waals surface area contributed by atoms with Crippen LogP contribution in [-0.2, 0) is 9.53 Å². The molecule has 146 valence electrons. The number of para-hydroxylation sites is 1.